The lowest BCUT2D eigenvalue weighted by Crippen LogP contribution is -2.49. The monoisotopic (exact) mass is 344 g/mol. The maximum Gasteiger partial charge on any atom is 0.343 e. The normalized spacial score (nSPS) is 33.3. The summed E-state index contributed by atoms with van der Waals surface area (Å²) in [6.45, 7) is 0. The number of esters is 1. The molecule has 1 N–H and O–H groups in total. The van der Waals surface area contributed by atoms with Crippen molar-refractivity contribution in [1.29, 1.82) is 0 Å². The molecule has 4 heteroatoms. The Morgan fingerprint density at radius 2 is 1.80 bits per heavy atom. The summed E-state index contributed by atoms with van der Waals surface area (Å²) in [6, 6.07) is 10.4. The van der Waals surface area contributed by atoms with Crippen LogP contribution in [-0.4, -0.2) is 47.8 Å². The standard InChI is InChI=1S/C21H30NO3/c1-22(2)17-12-13-18(22)19(14-17)25-20(23)21(24,16-10-6-7-11-16)15-8-4-3-5-9-15/h3-5,8-9,16-19,24H,6-7,10-14H2,1-2H3/q+1/t17?,18-,19+,21+/m0/s1. The predicted octanol–water partition coefficient (Wildman–Crippen LogP) is 2.99. The maximum absolute atomic E-state index is 13.2. The Balaban J connectivity index is 1.59. The van der Waals surface area contributed by atoms with Crippen molar-refractivity contribution in [2.45, 2.75) is 68.7 Å². The third-order valence-electron chi connectivity index (χ3n) is 7.25. The second-order valence-electron chi connectivity index (χ2n) is 8.72. The molecule has 25 heavy (non-hydrogen) atoms. The SMILES string of the molecule is C[N+]1(C)C2CC[C@H]1[C@H](OC(=O)[C@@](O)(c1ccccc1)C1CCCC1)C2. The molecule has 0 spiro atoms. The fourth-order valence-corrected chi connectivity index (χ4v) is 5.64. The summed E-state index contributed by atoms with van der Waals surface area (Å²) in [4.78, 5) is 13.2. The lowest BCUT2D eigenvalue weighted by atomic mass is 9.80. The van der Waals surface area contributed by atoms with Gasteiger partial charge >= 0.3 is 5.97 Å². The molecule has 136 valence electrons. The largest absolute Gasteiger partial charge is 0.453 e. The lowest BCUT2D eigenvalue weighted by Gasteiger charge is -2.35. The molecule has 1 aromatic carbocycles. The average molecular weight is 344 g/mol. The second kappa shape index (κ2) is 6.10. The fourth-order valence-electron chi connectivity index (χ4n) is 5.64. The molecule has 0 amide bonds. The number of hydrogen-bond acceptors (Lipinski definition) is 3. The molecule has 4 atom stereocenters. The number of likely N-dealkylation sites (N-methyl/N-ethyl adjacent to an activating group) is 1. The molecule has 4 nitrogen and oxygen atoms in total. The molecule has 1 saturated carbocycles. The molecule has 1 unspecified atom stereocenters. The highest BCUT2D eigenvalue weighted by Gasteiger charge is 2.58. The van der Waals surface area contributed by atoms with E-state index < -0.39 is 11.6 Å². The number of ether oxygens (including phenoxy) is 1. The topological polar surface area (TPSA) is 46.5 Å². The van der Waals surface area contributed by atoms with Gasteiger partial charge in [0.05, 0.1) is 20.1 Å². The van der Waals surface area contributed by atoms with Crippen molar-refractivity contribution in [2.75, 3.05) is 14.1 Å². The van der Waals surface area contributed by atoms with E-state index >= 15 is 0 Å². The van der Waals surface area contributed by atoms with E-state index in [1.165, 1.54) is 6.42 Å². The zero-order chi connectivity index (χ0) is 17.7. The molecule has 1 aromatic rings. The van der Waals surface area contributed by atoms with Gasteiger partial charge in [-0.3, -0.25) is 0 Å². The minimum Gasteiger partial charge on any atom is -0.453 e. The molecule has 2 heterocycles. The van der Waals surface area contributed by atoms with Crippen LogP contribution >= 0.6 is 0 Å². The van der Waals surface area contributed by atoms with Crippen molar-refractivity contribution < 1.29 is 19.1 Å². The summed E-state index contributed by atoms with van der Waals surface area (Å²) in [7, 11) is 4.49. The number of fused-ring (bicyclic) bond motifs is 2. The first-order valence-corrected chi connectivity index (χ1v) is 9.76. The molecule has 0 aromatic heterocycles. The highest BCUT2D eigenvalue weighted by Crippen LogP contribution is 2.46. The first kappa shape index (κ1) is 17.0. The molecular weight excluding hydrogens is 314 g/mol. The number of benzene rings is 1. The average Bonchev–Trinajstić information content (AvgIpc) is 3.30. The Kier molecular flexibility index (Phi) is 4.16. The van der Waals surface area contributed by atoms with Crippen LogP contribution in [-0.2, 0) is 15.1 Å². The van der Waals surface area contributed by atoms with Crippen molar-refractivity contribution in [1.82, 2.24) is 0 Å². The van der Waals surface area contributed by atoms with Crippen LogP contribution in [0, 0.1) is 5.92 Å². The van der Waals surface area contributed by atoms with Crippen LogP contribution < -0.4 is 0 Å². The van der Waals surface area contributed by atoms with E-state index in [2.05, 4.69) is 14.1 Å². The molecule has 2 aliphatic heterocycles. The summed E-state index contributed by atoms with van der Waals surface area (Å²) in [6.07, 6.45) is 7.13. The molecule has 1 aliphatic carbocycles. The summed E-state index contributed by atoms with van der Waals surface area (Å²) >= 11 is 0. The van der Waals surface area contributed by atoms with Gasteiger partial charge in [0.1, 0.15) is 6.04 Å². The van der Waals surface area contributed by atoms with Crippen molar-refractivity contribution >= 4 is 5.97 Å². The van der Waals surface area contributed by atoms with Crippen LogP contribution in [0.25, 0.3) is 0 Å². The molecular formula is C21H30NO3+. The molecule has 2 saturated heterocycles. The molecule has 2 bridgehead atoms. The van der Waals surface area contributed by atoms with E-state index in [1.807, 2.05) is 30.3 Å². The van der Waals surface area contributed by atoms with Gasteiger partial charge in [0.25, 0.3) is 0 Å². The summed E-state index contributed by atoms with van der Waals surface area (Å²) < 4.78 is 6.96. The van der Waals surface area contributed by atoms with Crippen LogP contribution in [0.1, 0.15) is 50.5 Å². The van der Waals surface area contributed by atoms with Gasteiger partial charge in [0, 0.05) is 25.2 Å². The van der Waals surface area contributed by atoms with Gasteiger partial charge < -0.3 is 14.3 Å². The Morgan fingerprint density at radius 3 is 2.36 bits per heavy atom. The van der Waals surface area contributed by atoms with Crippen LogP contribution in [0.5, 0.6) is 0 Å². The predicted molar refractivity (Wildman–Crippen MR) is 95.7 cm³/mol. The Morgan fingerprint density at radius 1 is 1.12 bits per heavy atom. The molecule has 0 radical (unpaired) electrons. The van der Waals surface area contributed by atoms with Gasteiger partial charge in [-0.1, -0.05) is 43.2 Å². The maximum atomic E-state index is 13.2. The summed E-state index contributed by atoms with van der Waals surface area (Å²) in [5, 5.41) is 11.5. The van der Waals surface area contributed by atoms with E-state index in [9.17, 15) is 9.90 Å². The number of rotatable bonds is 4. The number of aliphatic hydroxyl groups is 1. The van der Waals surface area contributed by atoms with Crippen LogP contribution in [0.15, 0.2) is 30.3 Å². The Labute approximate surface area is 150 Å². The van der Waals surface area contributed by atoms with Crippen LogP contribution in [0.4, 0.5) is 0 Å². The number of carbonyl (C=O) groups is 1. The van der Waals surface area contributed by atoms with Crippen molar-refractivity contribution in [2.24, 2.45) is 5.92 Å². The first-order valence-electron chi connectivity index (χ1n) is 9.76. The van der Waals surface area contributed by atoms with E-state index in [0.717, 1.165) is 43.0 Å². The zero-order valence-electron chi connectivity index (χ0n) is 15.4. The zero-order valence-corrected chi connectivity index (χ0v) is 15.4. The number of quaternary nitrogens is 1. The quantitative estimate of drug-likeness (QED) is 0.675. The molecule has 4 rings (SSSR count). The molecule has 3 fully saturated rings. The van der Waals surface area contributed by atoms with E-state index in [0.29, 0.717) is 17.6 Å². The third-order valence-corrected chi connectivity index (χ3v) is 7.25. The number of carbonyl (C=O) groups excluding carboxylic acids is 1. The van der Waals surface area contributed by atoms with Crippen LogP contribution in [0.3, 0.4) is 0 Å². The number of nitrogens with zero attached hydrogens (tertiary/aromatic N) is 1. The van der Waals surface area contributed by atoms with Gasteiger partial charge in [-0.25, -0.2) is 4.79 Å². The Bertz CT molecular complexity index is 638. The minimum atomic E-state index is -1.50. The number of hydrogen-bond donors (Lipinski definition) is 1. The van der Waals surface area contributed by atoms with Gasteiger partial charge in [-0.2, -0.15) is 0 Å². The third kappa shape index (κ3) is 2.61. The fraction of sp³-hybridized carbons (Fsp3) is 0.667. The van der Waals surface area contributed by atoms with E-state index in [1.54, 1.807) is 0 Å². The highest BCUT2D eigenvalue weighted by molar-refractivity contribution is 5.82. The van der Waals surface area contributed by atoms with Gasteiger partial charge in [-0.05, 0) is 18.4 Å². The van der Waals surface area contributed by atoms with Crippen LogP contribution in [0.2, 0.25) is 0 Å². The first-order chi connectivity index (χ1) is 11.9. The van der Waals surface area contributed by atoms with Crippen molar-refractivity contribution in [3.63, 3.8) is 0 Å². The summed E-state index contributed by atoms with van der Waals surface area (Å²) in [5.41, 5.74) is -0.819. The molecule has 3 aliphatic rings. The highest BCUT2D eigenvalue weighted by atomic mass is 16.6. The second-order valence-corrected chi connectivity index (χ2v) is 8.72. The van der Waals surface area contributed by atoms with Gasteiger partial charge in [-0.15, -0.1) is 0 Å². The van der Waals surface area contributed by atoms with Gasteiger partial charge in [0.2, 0.25) is 0 Å². The minimum absolute atomic E-state index is 0.0384. The Hall–Kier alpha value is -1.39. The lowest BCUT2D eigenvalue weighted by molar-refractivity contribution is -0.913. The van der Waals surface area contributed by atoms with Gasteiger partial charge in [0.15, 0.2) is 11.7 Å². The van der Waals surface area contributed by atoms with E-state index in [-0.39, 0.29) is 12.0 Å². The summed E-state index contributed by atoms with van der Waals surface area (Å²) in [5.74, 6) is -0.466. The van der Waals surface area contributed by atoms with Crippen molar-refractivity contribution in [3.8, 4) is 0 Å². The van der Waals surface area contributed by atoms with Crippen molar-refractivity contribution in [3.05, 3.63) is 35.9 Å². The smallest absolute Gasteiger partial charge is 0.343 e. The van der Waals surface area contributed by atoms with E-state index in [4.69, 9.17) is 4.74 Å².